The van der Waals surface area contributed by atoms with E-state index >= 15 is 0 Å². The van der Waals surface area contributed by atoms with Gasteiger partial charge in [0, 0.05) is 11.3 Å². The van der Waals surface area contributed by atoms with Gasteiger partial charge in [-0.15, -0.1) is 0 Å². The van der Waals surface area contributed by atoms with Gasteiger partial charge in [0.2, 0.25) is 6.79 Å². The summed E-state index contributed by atoms with van der Waals surface area (Å²) in [6.45, 7) is 1.67. The number of ketones is 1. The van der Waals surface area contributed by atoms with Crippen molar-refractivity contribution in [3.63, 3.8) is 0 Å². The molecule has 0 saturated heterocycles. The van der Waals surface area contributed by atoms with Gasteiger partial charge in [0.25, 0.3) is 0 Å². The molecule has 1 aliphatic rings. The molecule has 31 heavy (non-hydrogen) atoms. The molecule has 0 saturated carbocycles. The molecule has 5 rings (SSSR count). The lowest BCUT2D eigenvalue weighted by Crippen LogP contribution is -2.14. The van der Waals surface area contributed by atoms with Crippen molar-refractivity contribution in [1.29, 1.82) is 0 Å². The molecule has 0 atom stereocenters. The third-order valence-electron chi connectivity index (χ3n) is 5.10. The zero-order valence-electron chi connectivity index (χ0n) is 16.7. The fraction of sp³-hybridized carbons (Fsp3) is 0.125. The maximum absolute atomic E-state index is 12.5. The number of aryl methyl sites for hydroxylation is 1. The van der Waals surface area contributed by atoms with Gasteiger partial charge in [-0.2, -0.15) is 0 Å². The molecule has 3 aromatic carbocycles. The third kappa shape index (κ3) is 3.50. The summed E-state index contributed by atoms with van der Waals surface area (Å²) < 4.78 is 17.8. The van der Waals surface area contributed by atoms with E-state index in [1.54, 1.807) is 30.3 Å². The van der Waals surface area contributed by atoms with Crippen molar-refractivity contribution in [2.45, 2.75) is 6.92 Å². The lowest BCUT2D eigenvalue weighted by Gasteiger charge is -2.07. The van der Waals surface area contributed by atoms with Crippen LogP contribution >= 0.6 is 0 Å². The van der Waals surface area contributed by atoms with Gasteiger partial charge in [-0.05, 0) is 55.5 Å². The number of carbonyl (C=O) groups is 2. The Balaban J connectivity index is 1.33. The predicted molar refractivity (Wildman–Crippen MR) is 113 cm³/mol. The van der Waals surface area contributed by atoms with Crippen LogP contribution in [0.25, 0.3) is 16.7 Å². The Morgan fingerprint density at radius 1 is 0.968 bits per heavy atom. The number of rotatable bonds is 5. The van der Waals surface area contributed by atoms with E-state index in [4.69, 9.17) is 14.2 Å². The molecule has 0 spiro atoms. The molecule has 154 valence electrons. The number of benzene rings is 3. The van der Waals surface area contributed by atoms with E-state index in [0.29, 0.717) is 28.1 Å². The van der Waals surface area contributed by atoms with Gasteiger partial charge in [-0.3, -0.25) is 9.36 Å². The maximum Gasteiger partial charge on any atom is 0.338 e. The summed E-state index contributed by atoms with van der Waals surface area (Å²) in [4.78, 5) is 29.5. The van der Waals surface area contributed by atoms with Gasteiger partial charge in [-0.1, -0.05) is 18.2 Å². The Labute approximate surface area is 177 Å². The summed E-state index contributed by atoms with van der Waals surface area (Å²) in [5.41, 5.74) is 3.29. The van der Waals surface area contributed by atoms with Crippen molar-refractivity contribution in [2.75, 3.05) is 13.4 Å². The first-order chi connectivity index (χ1) is 15.1. The molecule has 7 heteroatoms. The largest absolute Gasteiger partial charge is 0.454 e. The Bertz CT molecular complexity index is 1310. The van der Waals surface area contributed by atoms with E-state index in [-0.39, 0.29) is 19.2 Å². The number of ether oxygens (including phenoxy) is 3. The molecule has 0 radical (unpaired) electrons. The normalized spacial score (nSPS) is 12.2. The van der Waals surface area contributed by atoms with Crippen LogP contribution in [0.2, 0.25) is 0 Å². The van der Waals surface area contributed by atoms with Gasteiger partial charge in [0.15, 0.2) is 23.9 Å². The van der Waals surface area contributed by atoms with Crippen molar-refractivity contribution in [3.05, 3.63) is 83.7 Å². The summed E-state index contributed by atoms with van der Waals surface area (Å²) in [6, 6.07) is 19.9. The van der Waals surface area contributed by atoms with Gasteiger partial charge in [0.1, 0.15) is 5.82 Å². The standard InChI is InChI=1S/C24H18N2O5/c1-15-25-19-11-17(7-9-20(19)26(15)18-5-3-2-4-6-18)24(28)29-13-21(27)16-8-10-22-23(12-16)31-14-30-22/h2-12H,13-14H2,1H3. The topological polar surface area (TPSA) is 79.7 Å². The van der Waals surface area contributed by atoms with Crippen molar-refractivity contribution in [3.8, 4) is 17.2 Å². The molecule has 0 amide bonds. The van der Waals surface area contributed by atoms with E-state index < -0.39 is 5.97 Å². The highest BCUT2D eigenvalue weighted by atomic mass is 16.7. The number of carbonyl (C=O) groups excluding carboxylic acids is 2. The fourth-order valence-corrected chi connectivity index (χ4v) is 3.60. The van der Waals surface area contributed by atoms with Crippen LogP contribution in [0.1, 0.15) is 26.5 Å². The van der Waals surface area contributed by atoms with E-state index in [1.165, 1.54) is 0 Å². The second kappa shape index (κ2) is 7.60. The zero-order chi connectivity index (χ0) is 21.4. The number of nitrogens with zero attached hydrogens (tertiary/aromatic N) is 2. The first kappa shape index (κ1) is 18.9. The summed E-state index contributed by atoms with van der Waals surface area (Å²) >= 11 is 0. The van der Waals surface area contributed by atoms with Crippen molar-refractivity contribution in [2.24, 2.45) is 0 Å². The van der Waals surface area contributed by atoms with Gasteiger partial charge >= 0.3 is 5.97 Å². The first-order valence-electron chi connectivity index (χ1n) is 9.74. The SMILES string of the molecule is Cc1nc2cc(C(=O)OCC(=O)c3ccc4c(c3)OCO4)ccc2n1-c1ccccc1. The molecule has 0 unspecified atom stereocenters. The van der Waals surface area contributed by atoms with E-state index in [1.807, 2.05) is 47.9 Å². The molecule has 1 aromatic heterocycles. The van der Waals surface area contributed by atoms with Crippen LogP contribution in [-0.2, 0) is 4.74 Å². The van der Waals surface area contributed by atoms with Crippen LogP contribution in [0.4, 0.5) is 0 Å². The number of esters is 1. The van der Waals surface area contributed by atoms with Crippen LogP contribution in [0.15, 0.2) is 66.7 Å². The monoisotopic (exact) mass is 414 g/mol. The minimum absolute atomic E-state index is 0.129. The van der Waals surface area contributed by atoms with Gasteiger partial charge in [0.05, 0.1) is 16.6 Å². The molecule has 1 aliphatic heterocycles. The summed E-state index contributed by atoms with van der Waals surface area (Å²) in [5.74, 6) is 1.00. The number of fused-ring (bicyclic) bond motifs is 2. The number of imidazole rings is 1. The fourth-order valence-electron chi connectivity index (χ4n) is 3.60. The highest BCUT2D eigenvalue weighted by Gasteiger charge is 2.18. The van der Waals surface area contributed by atoms with Crippen LogP contribution < -0.4 is 9.47 Å². The molecule has 0 N–H and O–H groups in total. The second-order valence-electron chi connectivity index (χ2n) is 7.10. The van der Waals surface area contributed by atoms with E-state index in [2.05, 4.69) is 4.98 Å². The summed E-state index contributed by atoms with van der Waals surface area (Å²) in [6.07, 6.45) is 0. The minimum atomic E-state index is -0.581. The van der Waals surface area contributed by atoms with Crippen LogP contribution in [0.5, 0.6) is 11.5 Å². The average molecular weight is 414 g/mol. The van der Waals surface area contributed by atoms with Crippen molar-refractivity contribution < 1.29 is 23.8 Å². The van der Waals surface area contributed by atoms with Gasteiger partial charge < -0.3 is 14.2 Å². The zero-order valence-corrected chi connectivity index (χ0v) is 16.7. The Morgan fingerprint density at radius 3 is 2.58 bits per heavy atom. The lowest BCUT2D eigenvalue weighted by atomic mass is 10.1. The number of aromatic nitrogens is 2. The van der Waals surface area contributed by atoms with E-state index in [0.717, 1.165) is 17.0 Å². The Kier molecular flexibility index (Phi) is 4.63. The molecule has 0 bridgehead atoms. The Hall–Kier alpha value is -4.13. The third-order valence-corrected chi connectivity index (χ3v) is 5.10. The van der Waals surface area contributed by atoms with Crippen LogP contribution in [-0.4, -0.2) is 34.7 Å². The van der Waals surface area contributed by atoms with Gasteiger partial charge in [-0.25, -0.2) is 9.78 Å². The predicted octanol–water partition coefficient (Wildman–Crippen LogP) is 4.10. The number of hydrogen-bond acceptors (Lipinski definition) is 6. The highest BCUT2D eigenvalue weighted by molar-refractivity contribution is 6.00. The summed E-state index contributed by atoms with van der Waals surface area (Å²) in [5, 5.41) is 0. The quantitative estimate of drug-likeness (QED) is 0.361. The molecule has 7 nitrogen and oxygen atoms in total. The average Bonchev–Trinajstić information content (AvgIpc) is 3.39. The molecule has 2 heterocycles. The summed E-state index contributed by atoms with van der Waals surface area (Å²) in [7, 11) is 0. The smallest absolute Gasteiger partial charge is 0.338 e. The number of para-hydroxylation sites is 1. The maximum atomic E-state index is 12.5. The Morgan fingerprint density at radius 2 is 1.74 bits per heavy atom. The van der Waals surface area contributed by atoms with Crippen molar-refractivity contribution >= 4 is 22.8 Å². The molecular formula is C24H18N2O5. The van der Waals surface area contributed by atoms with Crippen molar-refractivity contribution in [1.82, 2.24) is 9.55 Å². The second-order valence-corrected chi connectivity index (χ2v) is 7.10. The van der Waals surface area contributed by atoms with Crippen LogP contribution in [0.3, 0.4) is 0 Å². The van der Waals surface area contributed by atoms with Crippen LogP contribution in [0, 0.1) is 6.92 Å². The molecule has 0 fully saturated rings. The molecular weight excluding hydrogens is 396 g/mol. The minimum Gasteiger partial charge on any atom is -0.454 e. The number of hydrogen-bond donors (Lipinski definition) is 0. The lowest BCUT2D eigenvalue weighted by molar-refractivity contribution is 0.0475. The highest BCUT2D eigenvalue weighted by Crippen LogP contribution is 2.32. The molecule has 0 aliphatic carbocycles. The van der Waals surface area contributed by atoms with E-state index in [9.17, 15) is 9.59 Å². The number of Topliss-reactive ketones (excluding diaryl/α,β-unsaturated/α-hetero) is 1. The molecule has 4 aromatic rings. The first-order valence-corrected chi connectivity index (χ1v) is 9.74.